The summed E-state index contributed by atoms with van der Waals surface area (Å²) < 4.78 is 15.3. The minimum atomic E-state index is -0.582. The van der Waals surface area contributed by atoms with E-state index in [9.17, 15) is 14.4 Å². The Labute approximate surface area is 212 Å². The van der Waals surface area contributed by atoms with Crippen LogP contribution >= 0.6 is 11.6 Å². The molecule has 1 saturated carbocycles. The molecule has 3 aromatic rings. The number of pyridine rings is 1. The first kappa shape index (κ1) is 25.2. The Balaban J connectivity index is 1.66. The van der Waals surface area contributed by atoms with Crippen LogP contribution < -0.4 is 22.3 Å². The van der Waals surface area contributed by atoms with Crippen molar-refractivity contribution in [3.63, 3.8) is 0 Å². The molecule has 0 bridgehead atoms. The summed E-state index contributed by atoms with van der Waals surface area (Å²) in [5, 5.41) is 21.5. The molecule has 0 spiro atoms. The number of nitrogens with one attached hydrogen (secondary N) is 2. The SMILES string of the molecule is N=C(N)c1ccc(CNC(=O)Cc2c(-c3cccc(N)c3)c(Cl)cc(=NC3CCCC3)n2O)c(F)c1. The molecule has 1 aliphatic carbocycles. The number of aromatic nitrogens is 1. The summed E-state index contributed by atoms with van der Waals surface area (Å²) in [5.41, 5.74) is 14.0. The molecule has 1 aliphatic rings. The highest BCUT2D eigenvalue weighted by Crippen LogP contribution is 2.32. The van der Waals surface area contributed by atoms with Gasteiger partial charge >= 0.3 is 0 Å². The third-order valence-corrected chi connectivity index (χ3v) is 6.54. The van der Waals surface area contributed by atoms with E-state index >= 15 is 0 Å². The zero-order valence-electron chi connectivity index (χ0n) is 19.6. The lowest BCUT2D eigenvalue weighted by Crippen LogP contribution is -2.31. The van der Waals surface area contributed by atoms with Gasteiger partial charge < -0.3 is 22.0 Å². The van der Waals surface area contributed by atoms with Crippen molar-refractivity contribution in [3.05, 3.63) is 81.7 Å². The summed E-state index contributed by atoms with van der Waals surface area (Å²) in [6, 6.07) is 12.8. The Morgan fingerprint density at radius 3 is 2.64 bits per heavy atom. The lowest BCUT2D eigenvalue weighted by Gasteiger charge is -2.17. The molecule has 1 heterocycles. The molecule has 1 aromatic heterocycles. The molecule has 0 aliphatic heterocycles. The topological polar surface area (TPSA) is 143 Å². The number of anilines is 1. The molecule has 0 unspecified atom stereocenters. The smallest absolute Gasteiger partial charge is 0.226 e. The molecular formula is C26H28ClFN6O2. The summed E-state index contributed by atoms with van der Waals surface area (Å²) in [4.78, 5) is 17.6. The van der Waals surface area contributed by atoms with Crippen LogP contribution in [0.25, 0.3) is 11.1 Å². The fraction of sp³-hybridized carbons (Fsp3) is 0.269. The number of nitrogen functional groups attached to an aromatic ring is 2. The second-order valence-corrected chi connectivity index (χ2v) is 9.26. The summed E-state index contributed by atoms with van der Waals surface area (Å²) in [5.74, 6) is -1.28. The molecule has 2 aromatic carbocycles. The van der Waals surface area contributed by atoms with Crippen molar-refractivity contribution in [3.8, 4) is 11.1 Å². The van der Waals surface area contributed by atoms with Crippen LogP contribution in [0.15, 0.2) is 53.5 Å². The Morgan fingerprint density at radius 1 is 1.22 bits per heavy atom. The lowest BCUT2D eigenvalue weighted by atomic mass is 10.0. The van der Waals surface area contributed by atoms with Gasteiger partial charge in [0.05, 0.1) is 23.2 Å². The number of halogens is 2. The van der Waals surface area contributed by atoms with E-state index in [2.05, 4.69) is 10.3 Å². The third-order valence-electron chi connectivity index (χ3n) is 6.24. The summed E-state index contributed by atoms with van der Waals surface area (Å²) in [6.45, 7) is -0.0816. The van der Waals surface area contributed by atoms with Crippen LogP contribution in [0.3, 0.4) is 0 Å². The van der Waals surface area contributed by atoms with Gasteiger partial charge in [0.25, 0.3) is 0 Å². The van der Waals surface area contributed by atoms with E-state index < -0.39 is 11.7 Å². The summed E-state index contributed by atoms with van der Waals surface area (Å²) >= 11 is 6.66. The number of amides is 1. The molecule has 1 fully saturated rings. The second kappa shape index (κ2) is 10.8. The van der Waals surface area contributed by atoms with E-state index in [0.29, 0.717) is 21.8 Å². The van der Waals surface area contributed by atoms with Gasteiger partial charge in [-0.25, -0.2) is 4.39 Å². The largest absolute Gasteiger partial charge is 0.427 e. The van der Waals surface area contributed by atoms with Crippen LogP contribution in [0.2, 0.25) is 5.02 Å². The number of nitrogens with two attached hydrogens (primary N) is 2. The first-order chi connectivity index (χ1) is 17.2. The normalized spacial score (nSPS) is 14.2. The average Bonchev–Trinajstić information content (AvgIpc) is 3.34. The van der Waals surface area contributed by atoms with Crippen LogP contribution in [-0.4, -0.2) is 27.7 Å². The highest BCUT2D eigenvalue weighted by molar-refractivity contribution is 6.33. The molecule has 8 nitrogen and oxygen atoms in total. The predicted octanol–water partition coefficient (Wildman–Crippen LogP) is 3.75. The molecule has 36 heavy (non-hydrogen) atoms. The van der Waals surface area contributed by atoms with Crippen molar-refractivity contribution in [1.82, 2.24) is 10.0 Å². The number of nitrogens with zero attached hydrogens (tertiary/aromatic N) is 2. The fourth-order valence-electron chi connectivity index (χ4n) is 4.37. The molecule has 188 valence electrons. The first-order valence-corrected chi connectivity index (χ1v) is 12.0. The molecule has 7 N–H and O–H groups in total. The second-order valence-electron chi connectivity index (χ2n) is 8.85. The molecule has 0 radical (unpaired) electrons. The minimum absolute atomic E-state index is 0.0816. The molecule has 4 rings (SSSR count). The standard InChI is InChI=1S/C26H28ClFN6O2/c27-20-12-23(33-19-6-1-2-7-19)34(36)22(25(20)15-4-3-5-18(29)10-15)13-24(35)32-14-17-9-8-16(26(30)31)11-21(17)28/h3-5,8-12,19,36H,1-2,6-7,13-14,29H2,(H3,30,31)(H,32,35). The van der Waals surface area contributed by atoms with Crippen LogP contribution in [0.5, 0.6) is 0 Å². The van der Waals surface area contributed by atoms with E-state index in [4.69, 9.17) is 28.5 Å². The van der Waals surface area contributed by atoms with Crippen molar-refractivity contribution in [2.45, 2.75) is 44.7 Å². The van der Waals surface area contributed by atoms with E-state index in [1.54, 1.807) is 30.3 Å². The molecule has 0 atom stereocenters. The molecule has 0 saturated heterocycles. The van der Waals surface area contributed by atoms with Gasteiger partial charge in [-0.15, -0.1) is 0 Å². The van der Waals surface area contributed by atoms with E-state index in [0.717, 1.165) is 36.5 Å². The van der Waals surface area contributed by atoms with E-state index in [-0.39, 0.29) is 47.2 Å². The lowest BCUT2D eigenvalue weighted by molar-refractivity contribution is -0.120. The predicted molar refractivity (Wildman–Crippen MR) is 137 cm³/mol. The number of amidine groups is 1. The van der Waals surface area contributed by atoms with Gasteiger partial charge in [0.1, 0.15) is 11.7 Å². The third kappa shape index (κ3) is 5.68. The van der Waals surface area contributed by atoms with Gasteiger partial charge in [-0.05, 0) is 36.6 Å². The maximum absolute atomic E-state index is 14.4. The Morgan fingerprint density at radius 2 is 1.97 bits per heavy atom. The molecule has 1 amide bonds. The monoisotopic (exact) mass is 510 g/mol. The zero-order valence-corrected chi connectivity index (χ0v) is 20.4. The summed E-state index contributed by atoms with van der Waals surface area (Å²) in [6.07, 6.45) is 3.78. The van der Waals surface area contributed by atoms with Crippen LogP contribution in [0, 0.1) is 11.2 Å². The minimum Gasteiger partial charge on any atom is -0.427 e. The van der Waals surface area contributed by atoms with Crippen LogP contribution in [0.4, 0.5) is 10.1 Å². The highest BCUT2D eigenvalue weighted by Gasteiger charge is 2.20. The maximum atomic E-state index is 14.4. The van der Waals surface area contributed by atoms with Crippen LogP contribution in [-0.2, 0) is 17.8 Å². The molecule has 10 heteroatoms. The number of carbonyl (C=O) groups excluding carboxylic acids is 1. The van der Waals surface area contributed by atoms with E-state index in [1.807, 2.05) is 0 Å². The van der Waals surface area contributed by atoms with Gasteiger partial charge in [-0.1, -0.05) is 48.7 Å². The maximum Gasteiger partial charge on any atom is 0.226 e. The Bertz CT molecular complexity index is 1380. The highest BCUT2D eigenvalue weighted by atomic mass is 35.5. The van der Waals surface area contributed by atoms with Gasteiger partial charge in [-0.3, -0.25) is 15.2 Å². The van der Waals surface area contributed by atoms with Crippen molar-refractivity contribution < 1.29 is 14.4 Å². The number of carbonyl (C=O) groups is 1. The number of benzene rings is 2. The van der Waals surface area contributed by atoms with Gasteiger partial charge in [0.2, 0.25) is 5.91 Å². The number of hydrogen-bond acceptors (Lipinski definition) is 5. The summed E-state index contributed by atoms with van der Waals surface area (Å²) in [7, 11) is 0. The van der Waals surface area contributed by atoms with Crippen LogP contribution in [0.1, 0.15) is 42.5 Å². The average molecular weight is 511 g/mol. The fourth-order valence-corrected chi connectivity index (χ4v) is 4.69. The Hall–Kier alpha value is -3.85. The van der Waals surface area contributed by atoms with Crippen molar-refractivity contribution in [1.29, 1.82) is 5.41 Å². The zero-order chi connectivity index (χ0) is 25.8. The Kier molecular flexibility index (Phi) is 7.59. The van der Waals surface area contributed by atoms with Crippen molar-refractivity contribution >= 4 is 29.0 Å². The van der Waals surface area contributed by atoms with Crippen molar-refractivity contribution in [2.24, 2.45) is 10.7 Å². The van der Waals surface area contributed by atoms with Gasteiger partial charge in [0.15, 0.2) is 5.49 Å². The van der Waals surface area contributed by atoms with Gasteiger partial charge in [-0.2, -0.15) is 4.73 Å². The quantitative estimate of drug-likeness (QED) is 0.143. The molecular weight excluding hydrogens is 483 g/mol. The first-order valence-electron chi connectivity index (χ1n) is 11.7. The number of hydrogen-bond donors (Lipinski definition) is 5. The number of rotatable bonds is 7. The van der Waals surface area contributed by atoms with Crippen molar-refractivity contribution in [2.75, 3.05) is 5.73 Å². The van der Waals surface area contributed by atoms with E-state index in [1.165, 1.54) is 12.1 Å². The van der Waals surface area contributed by atoms with Gasteiger partial charge in [0, 0.05) is 35.0 Å².